The second-order valence-electron chi connectivity index (χ2n) is 4.00. The number of nitrogens with one attached hydrogen (secondary N) is 1. The first-order valence-corrected chi connectivity index (χ1v) is 6.71. The zero-order chi connectivity index (χ0) is 13.3. The summed E-state index contributed by atoms with van der Waals surface area (Å²) in [7, 11) is -2.30. The van der Waals surface area contributed by atoms with Crippen molar-refractivity contribution in [1.82, 2.24) is 14.5 Å². The Labute approximate surface area is 104 Å². The molecule has 100 valence electrons. The van der Waals surface area contributed by atoms with Gasteiger partial charge in [-0.1, -0.05) is 0 Å². The second kappa shape index (κ2) is 4.67. The number of ether oxygens (including phenoxy) is 1. The Balaban J connectivity index is 2.19. The number of rotatable bonds is 4. The number of carboxylic acid groups (broad SMARTS) is 1. The molecule has 1 saturated heterocycles. The van der Waals surface area contributed by atoms with Crippen LogP contribution in [0.1, 0.15) is 0 Å². The number of hydrogen-bond donors (Lipinski definition) is 2. The van der Waals surface area contributed by atoms with Crippen molar-refractivity contribution in [3.63, 3.8) is 0 Å². The van der Waals surface area contributed by atoms with Crippen LogP contribution in [0.4, 0.5) is 0 Å². The van der Waals surface area contributed by atoms with Gasteiger partial charge in [-0.25, -0.2) is 13.1 Å². The van der Waals surface area contributed by atoms with E-state index in [4.69, 9.17) is 9.84 Å². The van der Waals surface area contributed by atoms with Crippen molar-refractivity contribution < 1.29 is 23.1 Å². The van der Waals surface area contributed by atoms with Crippen LogP contribution in [0.25, 0.3) is 0 Å². The summed E-state index contributed by atoms with van der Waals surface area (Å²) in [6.07, 6.45) is 1.36. The van der Waals surface area contributed by atoms with E-state index in [9.17, 15) is 13.2 Å². The molecule has 0 aromatic carbocycles. The molecule has 0 radical (unpaired) electrons. The van der Waals surface area contributed by atoms with Gasteiger partial charge in [0.05, 0.1) is 31.4 Å². The van der Waals surface area contributed by atoms with Crippen LogP contribution in [-0.2, 0) is 26.6 Å². The van der Waals surface area contributed by atoms with Gasteiger partial charge in [-0.05, 0) is 6.07 Å². The summed E-state index contributed by atoms with van der Waals surface area (Å²) in [5.41, 5.74) is 0. The number of sulfonamides is 1. The summed E-state index contributed by atoms with van der Waals surface area (Å²) in [5.74, 6) is -1.95. The van der Waals surface area contributed by atoms with E-state index < -0.39 is 28.0 Å². The van der Waals surface area contributed by atoms with Gasteiger partial charge in [-0.3, -0.25) is 9.48 Å². The zero-order valence-electron chi connectivity index (χ0n) is 9.61. The average molecular weight is 275 g/mol. The summed E-state index contributed by atoms with van der Waals surface area (Å²) in [4.78, 5) is 10.9. The monoisotopic (exact) mass is 275 g/mol. The molecule has 2 heterocycles. The van der Waals surface area contributed by atoms with Crippen LogP contribution >= 0.6 is 0 Å². The van der Waals surface area contributed by atoms with Crippen LogP contribution in [-0.4, -0.2) is 48.5 Å². The first kappa shape index (κ1) is 13.0. The number of aromatic nitrogens is 2. The second-order valence-corrected chi connectivity index (χ2v) is 5.66. The van der Waals surface area contributed by atoms with Crippen molar-refractivity contribution in [2.45, 2.75) is 11.1 Å². The summed E-state index contributed by atoms with van der Waals surface area (Å²) >= 11 is 0. The molecular weight excluding hydrogens is 262 g/mol. The maximum absolute atomic E-state index is 12.0. The Morgan fingerprint density at radius 1 is 1.61 bits per heavy atom. The van der Waals surface area contributed by atoms with Crippen molar-refractivity contribution in [3.05, 3.63) is 12.3 Å². The lowest BCUT2D eigenvalue weighted by Crippen LogP contribution is -2.43. The van der Waals surface area contributed by atoms with Gasteiger partial charge in [0, 0.05) is 7.05 Å². The Hall–Kier alpha value is -1.45. The SMILES string of the molecule is Cn1nccc1S(=O)(=O)NC1COCC1C(=O)O. The topological polar surface area (TPSA) is 111 Å². The van der Waals surface area contributed by atoms with Crippen LogP contribution < -0.4 is 4.72 Å². The first-order chi connectivity index (χ1) is 8.42. The number of hydrogen-bond acceptors (Lipinski definition) is 5. The molecule has 2 atom stereocenters. The molecule has 2 unspecified atom stereocenters. The minimum Gasteiger partial charge on any atom is -0.481 e. The third-order valence-corrected chi connectivity index (χ3v) is 4.32. The molecule has 0 amide bonds. The molecule has 1 aliphatic heterocycles. The van der Waals surface area contributed by atoms with Crippen molar-refractivity contribution in [3.8, 4) is 0 Å². The van der Waals surface area contributed by atoms with Gasteiger partial charge in [-0.15, -0.1) is 0 Å². The molecule has 0 saturated carbocycles. The molecule has 0 spiro atoms. The maximum atomic E-state index is 12.0. The van der Waals surface area contributed by atoms with E-state index in [2.05, 4.69) is 9.82 Å². The van der Waals surface area contributed by atoms with Crippen molar-refractivity contribution in [2.24, 2.45) is 13.0 Å². The van der Waals surface area contributed by atoms with E-state index in [-0.39, 0.29) is 18.2 Å². The molecule has 0 aliphatic carbocycles. The highest BCUT2D eigenvalue weighted by atomic mass is 32.2. The molecule has 1 aliphatic rings. The van der Waals surface area contributed by atoms with Gasteiger partial charge >= 0.3 is 5.97 Å². The predicted octanol–water partition coefficient (Wildman–Crippen LogP) is -1.20. The maximum Gasteiger partial charge on any atom is 0.310 e. The molecule has 2 rings (SSSR count). The summed E-state index contributed by atoms with van der Waals surface area (Å²) in [6, 6.07) is 0.580. The molecule has 2 N–H and O–H groups in total. The van der Waals surface area contributed by atoms with E-state index in [0.717, 1.165) is 0 Å². The lowest BCUT2D eigenvalue weighted by Gasteiger charge is -2.15. The number of carboxylic acids is 1. The van der Waals surface area contributed by atoms with E-state index in [0.29, 0.717) is 0 Å². The van der Waals surface area contributed by atoms with Gasteiger partial charge in [0.2, 0.25) is 0 Å². The lowest BCUT2D eigenvalue weighted by molar-refractivity contribution is -0.142. The van der Waals surface area contributed by atoms with Crippen LogP contribution in [0.3, 0.4) is 0 Å². The van der Waals surface area contributed by atoms with Crippen LogP contribution in [0.5, 0.6) is 0 Å². The largest absolute Gasteiger partial charge is 0.481 e. The Bertz CT molecular complexity index is 552. The highest BCUT2D eigenvalue weighted by molar-refractivity contribution is 7.89. The molecule has 1 fully saturated rings. The standard InChI is InChI=1S/C9H13N3O5S/c1-12-8(2-3-10-12)18(15,16)11-7-5-17-4-6(7)9(13)14/h2-3,6-7,11H,4-5H2,1H3,(H,13,14). The van der Waals surface area contributed by atoms with Crippen molar-refractivity contribution in [2.75, 3.05) is 13.2 Å². The van der Waals surface area contributed by atoms with Gasteiger partial charge < -0.3 is 9.84 Å². The van der Waals surface area contributed by atoms with E-state index in [1.165, 1.54) is 24.0 Å². The summed E-state index contributed by atoms with van der Waals surface area (Å²) < 4.78 is 32.6. The number of nitrogens with zero attached hydrogens (tertiary/aromatic N) is 2. The first-order valence-electron chi connectivity index (χ1n) is 5.22. The number of aryl methyl sites for hydroxylation is 1. The molecule has 8 nitrogen and oxygen atoms in total. The summed E-state index contributed by atoms with van der Waals surface area (Å²) in [5, 5.41) is 12.7. The number of carbonyl (C=O) groups is 1. The van der Waals surface area contributed by atoms with Gasteiger partial charge in [0.15, 0.2) is 5.03 Å². The highest BCUT2D eigenvalue weighted by Crippen LogP contribution is 2.17. The van der Waals surface area contributed by atoms with E-state index in [1.54, 1.807) is 0 Å². The van der Waals surface area contributed by atoms with Crippen LogP contribution in [0.15, 0.2) is 17.3 Å². The third kappa shape index (κ3) is 2.37. The molecule has 9 heteroatoms. The number of aliphatic carboxylic acids is 1. The van der Waals surface area contributed by atoms with Gasteiger partial charge in [0.1, 0.15) is 0 Å². The fraction of sp³-hybridized carbons (Fsp3) is 0.556. The molecule has 1 aromatic heterocycles. The van der Waals surface area contributed by atoms with Crippen molar-refractivity contribution >= 4 is 16.0 Å². The average Bonchev–Trinajstić information content (AvgIpc) is 2.86. The van der Waals surface area contributed by atoms with Crippen LogP contribution in [0, 0.1) is 5.92 Å². The Morgan fingerprint density at radius 3 is 2.89 bits per heavy atom. The van der Waals surface area contributed by atoms with Crippen molar-refractivity contribution in [1.29, 1.82) is 0 Å². The Kier molecular flexibility index (Phi) is 3.37. The fourth-order valence-electron chi connectivity index (χ4n) is 1.80. The smallest absolute Gasteiger partial charge is 0.310 e. The van der Waals surface area contributed by atoms with E-state index in [1.807, 2.05) is 0 Å². The normalized spacial score (nSPS) is 24.3. The highest BCUT2D eigenvalue weighted by Gasteiger charge is 2.37. The summed E-state index contributed by atoms with van der Waals surface area (Å²) in [6.45, 7) is 0.0575. The molecular formula is C9H13N3O5S. The minimum atomic E-state index is -3.79. The zero-order valence-corrected chi connectivity index (χ0v) is 10.4. The van der Waals surface area contributed by atoms with Crippen LogP contribution in [0.2, 0.25) is 0 Å². The quantitative estimate of drug-likeness (QED) is 0.714. The predicted molar refractivity (Wildman–Crippen MR) is 59.3 cm³/mol. The molecule has 1 aromatic rings. The van der Waals surface area contributed by atoms with E-state index >= 15 is 0 Å². The van der Waals surface area contributed by atoms with Gasteiger partial charge in [0.25, 0.3) is 10.0 Å². The molecule has 0 bridgehead atoms. The Morgan fingerprint density at radius 2 is 2.33 bits per heavy atom. The lowest BCUT2D eigenvalue weighted by atomic mass is 10.1. The molecule has 18 heavy (non-hydrogen) atoms. The minimum absolute atomic E-state index is 0.00784. The van der Waals surface area contributed by atoms with Gasteiger partial charge in [-0.2, -0.15) is 5.10 Å². The third-order valence-electron chi connectivity index (χ3n) is 2.76. The fourth-order valence-corrected chi connectivity index (χ4v) is 3.19.